The Morgan fingerprint density at radius 3 is 2.15 bits per heavy atom. The lowest BCUT2D eigenvalue weighted by Gasteiger charge is -2.11. The molecule has 0 saturated heterocycles. The molecule has 0 amide bonds. The van der Waals surface area contributed by atoms with E-state index in [1.165, 1.54) is 11.6 Å². The van der Waals surface area contributed by atoms with Gasteiger partial charge in [0.1, 0.15) is 5.75 Å². The van der Waals surface area contributed by atoms with Gasteiger partial charge in [-0.1, -0.05) is 6.58 Å². The van der Waals surface area contributed by atoms with Crippen LogP contribution in [0.3, 0.4) is 0 Å². The van der Waals surface area contributed by atoms with Crippen molar-refractivity contribution in [1.82, 2.24) is 0 Å². The van der Waals surface area contributed by atoms with Crippen LogP contribution in [0.1, 0.15) is 6.92 Å². The molecule has 1 aromatic rings. The molecule has 0 atom stereocenters. The van der Waals surface area contributed by atoms with Crippen LogP contribution in [0.4, 0.5) is 18.9 Å². The molecule has 0 spiro atoms. The summed E-state index contributed by atoms with van der Waals surface area (Å²) in [5.41, 5.74) is -5.57. The Kier molecular flexibility index (Phi) is 4.43. The summed E-state index contributed by atoms with van der Waals surface area (Å²) in [6.07, 6.45) is 0. The van der Waals surface area contributed by atoms with Gasteiger partial charge in [-0.2, -0.15) is 21.6 Å². The lowest BCUT2D eigenvalue weighted by atomic mass is 10.3. The van der Waals surface area contributed by atoms with Gasteiger partial charge in [-0.25, -0.2) is 4.79 Å². The summed E-state index contributed by atoms with van der Waals surface area (Å²) in [5.74, 6) is -0.651. The van der Waals surface area contributed by atoms with Crippen molar-refractivity contribution in [3.8, 4) is 5.75 Å². The minimum absolute atomic E-state index is 0.0490. The van der Waals surface area contributed by atoms with Crippen molar-refractivity contribution >= 4 is 21.7 Å². The number of esters is 1. The molecule has 20 heavy (non-hydrogen) atoms. The van der Waals surface area contributed by atoms with Crippen molar-refractivity contribution in [2.75, 3.05) is 4.72 Å². The fourth-order valence-corrected chi connectivity index (χ4v) is 1.56. The van der Waals surface area contributed by atoms with Crippen LogP contribution in [-0.2, 0) is 14.8 Å². The smallest absolute Gasteiger partial charge is 0.423 e. The minimum atomic E-state index is -5.47. The highest BCUT2D eigenvalue weighted by Crippen LogP contribution is 2.26. The molecule has 0 bridgehead atoms. The van der Waals surface area contributed by atoms with E-state index in [1.807, 2.05) is 0 Å². The largest absolute Gasteiger partial charge is 0.516 e. The highest BCUT2D eigenvalue weighted by atomic mass is 32.2. The Hall–Kier alpha value is -2.03. The molecule has 0 saturated carbocycles. The minimum Gasteiger partial charge on any atom is -0.423 e. The molecule has 1 aromatic carbocycles. The Labute approximate surface area is 113 Å². The van der Waals surface area contributed by atoms with Crippen LogP contribution < -0.4 is 9.46 Å². The van der Waals surface area contributed by atoms with Crippen LogP contribution >= 0.6 is 0 Å². The van der Waals surface area contributed by atoms with Gasteiger partial charge in [-0.05, 0) is 31.2 Å². The normalized spacial score (nSPS) is 11.8. The van der Waals surface area contributed by atoms with Gasteiger partial charge in [0.2, 0.25) is 0 Å². The maximum Gasteiger partial charge on any atom is 0.516 e. The maximum atomic E-state index is 12.1. The fourth-order valence-electron chi connectivity index (χ4n) is 0.998. The SMILES string of the molecule is C=C(C)C(=O)Oc1ccc(NS(=O)(=O)C(F)(F)F)cc1. The number of benzene rings is 1. The second kappa shape index (κ2) is 5.53. The summed E-state index contributed by atoms with van der Waals surface area (Å²) in [4.78, 5) is 11.2. The van der Waals surface area contributed by atoms with E-state index >= 15 is 0 Å². The van der Waals surface area contributed by atoms with Gasteiger partial charge in [0, 0.05) is 11.3 Å². The second-order valence-electron chi connectivity index (χ2n) is 3.75. The molecule has 1 N–H and O–H groups in total. The third kappa shape index (κ3) is 3.98. The molecule has 0 unspecified atom stereocenters. The first kappa shape index (κ1) is 16.0. The lowest BCUT2D eigenvalue weighted by Crippen LogP contribution is -2.29. The summed E-state index contributed by atoms with van der Waals surface area (Å²) in [6, 6.07) is 4.36. The van der Waals surface area contributed by atoms with E-state index in [-0.39, 0.29) is 17.0 Å². The third-order valence-corrected chi connectivity index (χ3v) is 3.08. The molecule has 1 rings (SSSR count). The number of alkyl halides is 3. The molecular formula is C11H10F3NO4S. The van der Waals surface area contributed by atoms with E-state index in [0.29, 0.717) is 0 Å². The number of halogens is 3. The Morgan fingerprint density at radius 1 is 1.25 bits per heavy atom. The molecule has 0 aliphatic heterocycles. The lowest BCUT2D eigenvalue weighted by molar-refractivity contribution is -0.130. The van der Waals surface area contributed by atoms with Crippen molar-refractivity contribution in [2.45, 2.75) is 12.4 Å². The zero-order valence-electron chi connectivity index (χ0n) is 10.2. The van der Waals surface area contributed by atoms with E-state index < -0.39 is 21.5 Å². The predicted octanol–water partition coefficient (Wildman–Crippen LogP) is 2.43. The van der Waals surface area contributed by atoms with Gasteiger partial charge in [-0.3, -0.25) is 4.72 Å². The van der Waals surface area contributed by atoms with Crippen LogP contribution in [-0.4, -0.2) is 19.9 Å². The monoisotopic (exact) mass is 309 g/mol. The highest BCUT2D eigenvalue weighted by Gasteiger charge is 2.45. The molecule has 0 aliphatic rings. The molecular weight excluding hydrogens is 299 g/mol. The van der Waals surface area contributed by atoms with E-state index in [0.717, 1.165) is 24.3 Å². The van der Waals surface area contributed by atoms with Gasteiger partial charge in [0.25, 0.3) is 0 Å². The van der Waals surface area contributed by atoms with Crippen molar-refractivity contribution in [3.63, 3.8) is 0 Å². The number of hydrogen-bond donors (Lipinski definition) is 1. The number of sulfonamides is 1. The van der Waals surface area contributed by atoms with Crippen LogP contribution in [0, 0.1) is 0 Å². The zero-order chi connectivity index (χ0) is 15.6. The average molecular weight is 309 g/mol. The van der Waals surface area contributed by atoms with Crippen molar-refractivity contribution in [1.29, 1.82) is 0 Å². The third-order valence-electron chi connectivity index (χ3n) is 1.97. The fraction of sp³-hybridized carbons (Fsp3) is 0.182. The summed E-state index contributed by atoms with van der Waals surface area (Å²) >= 11 is 0. The number of hydrogen-bond acceptors (Lipinski definition) is 4. The van der Waals surface area contributed by atoms with Crippen LogP contribution in [0.15, 0.2) is 36.4 Å². The highest BCUT2D eigenvalue weighted by molar-refractivity contribution is 7.93. The van der Waals surface area contributed by atoms with Gasteiger partial charge in [-0.15, -0.1) is 0 Å². The summed E-state index contributed by atoms with van der Waals surface area (Å²) < 4.78 is 64.2. The molecule has 0 fully saturated rings. The first-order valence-electron chi connectivity index (χ1n) is 5.10. The number of rotatable bonds is 4. The Bertz CT molecular complexity index is 620. The first-order valence-corrected chi connectivity index (χ1v) is 6.58. The number of ether oxygens (including phenoxy) is 1. The Morgan fingerprint density at radius 2 is 1.75 bits per heavy atom. The average Bonchev–Trinajstić information content (AvgIpc) is 2.29. The summed E-state index contributed by atoms with van der Waals surface area (Å²) in [7, 11) is -5.47. The van der Waals surface area contributed by atoms with Crippen molar-refractivity contribution < 1.29 is 31.1 Å². The zero-order valence-corrected chi connectivity index (χ0v) is 11.0. The van der Waals surface area contributed by atoms with Gasteiger partial charge < -0.3 is 4.74 Å². The van der Waals surface area contributed by atoms with Crippen LogP contribution in [0.2, 0.25) is 0 Å². The van der Waals surface area contributed by atoms with E-state index in [1.54, 1.807) is 0 Å². The van der Waals surface area contributed by atoms with E-state index in [2.05, 4.69) is 6.58 Å². The molecule has 0 aliphatic carbocycles. The number of anilines is 1. The van der Waals surface area contributed by atoms with Gasteiger partial charge in [0.05, 0.1) is 0 Å². The van der Waals surface area contributed by atoms with Crippen molar-refractivity contribution in [2.24, 2.45) is 0 Å². The summed E-state index contributed by atoms with van der Waals surface area (Å²) in [5, 5.41) is 0. The van der Waals surface area contributed by atoms with Crippen LogP contribution in [0.25, 0.3) is 0 Å². The quantitative estimate of drug-likeness (QED) is 0.527. The Balaban J connectivity index is 2.83. The first-order chi connectivity index (χ1) is 9.03. The van der Waals surface area contributed by atoms with Gasteiger partial charge in [0.15, 0.2) is 0 Å². The molecule has 0 aromatic heterocycles. The molecule has 0 radical (unpaired) electrons. The molecule has 9 heteroatoms. The number of nitrogens with one attached hydrogen (secondary N) is 1. The standard InChI is InChI=1S/C11H10F3NO4S/c1-7(2)10(16)19-9-5-3-8(4-6-9)15-20(17,18)11(12,13)14/h3-6,15H,1H2,2H3. The number of carbonyl (C=O) groups excluding carboxylic acids is 1. The predicted molar refractivity (Wildman–Crippen MR) is 65.5 cm³/mol. The van der Waals surface area contributed by atoms with E-state index in [4.69, 9.17) is 4.74 Å². The topological polar surface area (TPSA) is 72.5 Å². The molecule has 0 heterocycles. The van der Waals surface area contributed by atoms with Crippen LogP contribution in [0.5, 0.6) is 5.75 Å². The molecule has 5 nitrogen and oxygen atoms in total. The maximum absolute atomic E-state index is 12.1. The summed E-state index contributed by atoms with van der Waals surface area (Å²) in [6.45, 7) is 4.78. The van der Waals surface area contributed by atoms with Gasteiger partial charge >= 0.3 is 21.5 Å². The van der Waals surface area contributed by atoms with Crippen molar-refractivity contribution in [3.05, 3.63) is 36.4 Å². The number of carbonyl (C=O) groups is 1. The molecule has 110 valence electrons. The second-order valence-corrected chi connectivity index (χ2v) is 5.42. The van der Waals surface area contributed by atoms with E-state index in [9.17, 15) is 26.4 Å².